The van der Waals surface area contributed by atoms with Crippen molar-refractivity contribution in [3.8, 4) is 17.2 Å². The van der Waals surface area contributed by atoms with E-state index in [0.29, 0.717) is 33.8 Å². The number of ether oxygens (including phenoxy) is 3. The lowest BCUT2D eigenvalue weighted by atomic mass is 10.2. The summed E-state index contributed by atoms with van der Waals surface area (Å²) in [5, 5.41) is 3.18. The number of methoxy groups -OCH3 is 3. The largest absolute Gasteiger partial charge is 0.495 e. The van der Waals surface area contributed by atoms with Gasteiger partial charge in [-0.25, -0.2) is 4.98 Å². The number of nitrogens with zero attached hydrogens (tertiary/aromatic N) is 2. The molecule has 8 heteroatoms. The SMILES string of the molecule is COc1ccccc1NC(=O)CCn1cnc2cc(OC)c(OC)cc2c1=O. The summed E-state index contributed by atoms with van der Waals surface area (Å²) >= 11 is 0. The molecule has 0 aliphatic rings. The molecule has 0 fully saturated rings. The average molecular weight is 383 g/mol. The van der Waals surface area contributed by atoms with Gasteiger partial charge in [-0.1, -0.05) is 12.1 Å². The quantitative estimate of drug-likeness (QED) is 0.674. The van der Waals surface area contributed by atoms with Gasteiger partial charge >= 0.3 is 0 Å². The van der Waals surface area contributed by atoms with Gasteiger partial charge in [0.25, 0.3) is 5.56 Å². The molecule has 3 aromatic rings. The van der Waals surface area contributed by atoms with E-state index in [4.69, 9.17) is 14.2 Å². The Morgan fingerprint density at radius 3 is 2.43 bits per heavy atom. The summed E-state index contributed by atoms with van der Waals surface area (Å²) < 4.78 is 17.1. The molecule has 1 aromatic heterocycles. The fraction of sp³-hybridized carbons (Fsp3) is 0.250. The van der Waals surface area contributed by atoms with Gasteiger partial charge in [0.05, 0.1) is 44.2 Å². The van der Waals surface area contributed by atoms with E-state index in [0.717, 1.165) is 0 Å². The molecule has 1 N–H and O–H groups in total. The highest BCUT2D eigenvalue weighted by molar-refractivity contribution is 5.92. The van der Waals surface area contributed by atoms with Gasteiger partial charge in [-0.15, -0.1) is 0 Å². The minimum absolute atomic E-state index is 0.110. The van der Waals surface area contributed by atoms with Crippen LogP contribution in [0.3, 0.4) is 0 Å². The molecule has 0 radical (unpaired) electrons. The van der Waals surface area contributed by atoms with Gasteiger partial charge in [0.15, 0.2) is 11.5 Å². The van der Waals surface area contributed by atoms with Gasteiger partial charge in [-0.05, 0) is 18.2 Å². The number of benzene rings is 2. The topological polar surface area (TPSA) is 91.7 Å². The maximum atomic E-state index is 12.7. The molecule has 0 saturated heterocycles. The number of fused-ring (bicyclic) bond motifs is 1. The molecule has 0 aliphatic heterocycles. The van der Waals surface area contributed by atoms with E-state index in [-0.39, 0.29) is 24.4 Å². The van der Waals surface area contributed by atoms with Crippen LogP contribution in [0.2, 0.25) is 0 Å². The van der Waals surface area contributed by atoms with Gasteiger partial charge < -0.3 is 19.5 Å². The molecule has 0 aliphatic carbocycles. The first-order chi connectivity index (χ1) is 13.6. The standard InChI is InChI=1S/C20H21N3O5/c1-26-16-7-5-4-6-14(16)22-19(24)8-9-23-12-21-15-11-18(28-3)17(27-2)10-13(15)20(23)25/h4-7,10-12H,8-9H2,1-3H3,(H,22,24). The summed E-state index contributed by atoms with van der Waals surface area (Å²) in [5.41, 5.74) is 0.823. The highest BCUT2D eigenvalue weighted by Crippen LogP contribution is 2.29. The third-order valence-electron chi connectivity index (χ3n) is 4.29. The fourth-order valence-electron chi connectivity index (χ4n) is 2.83. The number of hydrogen-bond donors (Lipinski definition) is 1. The number of carbonyl (C=O) groups is 1. The van der Waals surface area contributed by atoms with Crippen molar-refractivity contribution in [2.75, 3.05) is 26.6 Å². The van der Waals surface area contributed by atoms with Crippen molar-refractivity contribution in [1.82, 2.24) is 9.55 Å². The smallest absolute Gasteiger partial charge is 0.261 e. The molecule has 3 rings (SSSR count). The van der Waals surface area contributed by atoms with E-state index in [1.54, 1.807) is 30.3 Å². The Bertz CT molecular complexity index is 1060. The monoisotopic (exact) mass is 383 g/mol. The lowest BCUT2D eigenvalue weighted by Gasteiger charge is -2.11. The first kappa shape index (κ1) is 19.2. The maximum Gasteiger partial charge on any atom is 0.261 e. The van der Waals surface area contributed by atoms with E-state index in [1.807, 2.05) is 6.07 Å². The molecule has 1 heterocycles. The highest BCUT2D eigenvalue weighted by Gasteiger charge is 2.12. The Morgan fingerprint density at radius 2 is 1.71 bits per heavy atom. The summed E-state index contributed by atoms with van der Waals surface area (Å²) in [7, 11) is 4.56. The molecule has 0 unspecified atom stereocenters. The van der Waals surface area contributed by atoms with Crippen LogP contribution < -0.4 is 25.1 Å². The van der Waals surface area contributed by atoms with Crippen LogP contribution in [0.25, 0.3) is 10.9 Å². The van der Waals surface area contributed by atoms with E-state index in [1.165, 1.54) is 32.2 Å². The van der Waals surface area contributed by atoms with Crippen molar-refractivity contribution in [3.63, 3.8) is 0 Å². The zero-order valence-electron chi connectivity index (χ0n) is 15.9. The molecule has 1 amide bonds. The molecule has 2 aromatic carbocycles. The predicted molar refractivity (Wildman–Crippen MR) is 105 cm³/mol. The van der Waals surface area contributed by atoms with Crippen molar-refractivity contribution in [2.24, 2.45) is 0 Å². The number of nitrogens with one attached hydrogen (secondary N) is 1. The molecule has 28 heavy (non-hydrogen) atoms. The number of para-hydroxylation sites is 2. The first-order valence-electron chi connectivity index (χ1n) is 8.61. The highest BCUT2D eigenvalue weighted by atomic mass is 16.5. The van der Waals surface area contributed by atoms with Gasteiger partial charge in [0.1, 0.15) is 5.75 Å². The third-order valence-corrected chi connectivity index (χ3v) is 4.29. The fourth-order valence-corrected chi connectivity index (χ4v) is 2.83. The number of carbonyl (C=O) groups excluding carboxylic acids is 1. The van der Waals surface area contributed by atoms with Crippen LogP contribution in [0.4, 0.5) is 5.69 Å². The van der Waals surface area contributed by atoms with E-state index >= 15 is 0 Å². The zero-order chi connectivity index (χ0) is 20.1. The summed E-state index contributed by atoms with van der Waals surface area (Å²) in [4.78, 5) is 29.3. The zero-order valence-corrected chi connectivity index (χ0v) is 15.9. The molecule has 0 saturated carbocycles. The molecule has 0 bridgehead atoms. The normalized spacial score (nSPS) is 10.5. The molecule has 146 valence electrons. The maximum absolute atomic E-state index is 12.7. The van der Waals surface area contributed by atoms with Gasteiger partial charge in [-0.3, -0.25) is 14.2 Å². The van der Waals surface area contributed by atoms with Gasteiger partial charge in [0, 0.05) is 19.0 Å². The predicted octanol–water partition coefficient (Wildman–Crippen LogP) is 2.45. The Kier molecular flexibility index (Phi) is 5.78. The van der Waals surface area contributed by atoms with E-state index in [2.05, 4.69) is 10.3 Å². The summed E-state index contributed by atoms with van der Waals surface area (Å²) in [6, 6.07) is 10.4. The van der Waals surface area contributed by atoms with Crippen molar-refractivity contribution in [3.05, 3.63) is 53.1 Å². The summed E-state index contributed by atoms with van der Waals surface area (Å²) in [5.74, 6) is 1.28. The van der Waals surface area contributed by atoms with Crippen LogP contribution in [0, 0.1) is 0 Å². The van der Waals surface area contributed by atoms with E-state index < -0.39 is 0 Å². The van der Waals surface area contributed by atoms with Gasteiger partial charge in [-0.2, -0.15) is 0 Å². The number of anilines is 1. The number of aryl methyl sites for hydroxylation is 1. The second-order valence-electron chi connectivity index (χ2n) is 5.97. The second kappa shape index (κ2) is 8.43. The number of aromatic nitrogens is 2. The Labute approximate surface area is 161 Å². The average Bonchev–Trinajstić information content (AvgIpc) is 2.72. The lowest BCUT2D eigenvalue weighted by Crippen LogP contribution is -2.23. The number of amides is 1. The van der Waals surface area contributed by atoms with Crippen LogP contribution in [0.1, 0.15) is 6.42 Å². The van der Waals surface area contributed by atoms with Crippen molar-refractivity contribution >= 4 is 22.5 Å². The van der Waals surface area contributed by atoms with Crippen LogP contribution in [-0.2, 0) is 11.3 Å². The van der Waals surface area contributed by atoms with Crippen molar-refractivity contribution < 1.29 is 19.0 Å². The summed E-state index contributed by atoms with van der Waals surface area (Å²) in [6.45, 7) is 0.192. The minimum Gasteiger partial charge on any atom is -0.495 e. The Hall–Kier alpha value is -3.55. The Balaban J connectivity index is 1.78. The van der Waals surface area contributed by atoms with Crippen LogP contribution in [0.15, 0.2) is 47.5 Å². The van der Waals surface area contributed by atoms with Crippen molar-refractivity contribution in [2.45, 2.75) is 13.0 Å². The lowest BCUT2D eigenvalue weighted by molar-refractivity contribution is -0.116. The summed E-state index contributed by atoms with van der Waals surface area (Å²) in [6.07, 6.45) is 1.53. The second-order valence-corrected chi connectivity index (χ2v) is 5.97. The third kappa shape index (κ3) is 3.90. The Morgan fingerprint density at radius 1 is 1.04 bits per heavy atom. The first-order valence-corrected chi connectivity index (χ1v) is 8.61. The van der Waals surface area contributed by atoms with Gasteiger partial charge in [0.2, 0.25) is 5.91 Å². The molecule has 8 nitrogen and oxygen atoms in total. The van der Waals surface area contributed by atoms with E-state index in [9.17, 15) is 9.59 Å². The van der Waals surface area contributed by atoms with Crippen molar-refractivity contribution in [1.29, 1.82) is 0 Å². The van der Waals surface area contributed by atoms with Crippen LogP contribution >= 0.6 is 0 Å². The molecular weight excluding hydrogens is 362 g/mol. The number of hydrogen-bond acceptors (Lipinski definition) is 6. The van der Waals surface area contributed by atoms with Crippen LogP contribution in [-0.4, -0.2) is 36.8 Å². The molecule has 0 spiro atoms. The van der Waals surface area contributed by atoms with Crippen LogP contribution in [0.5, 0.6) is 17.2 Å². The number of rotatable bonds is 7. The molecular formula is C20H21N3O5. The molecule has 0 atom stereocenters. The minimum atomic E-state index is -0.254.